The van der Waals surface area contributed by atoms with Gasteiger partial charge in [0.2, 0.25) is 0 Å². The lowest BCUT2D eigenvalue weighted by atomic mass is 9.70. The Morgan fingerprint density at radius 3 is 2.46 bits per heavy atom. The Kier molecular flexibility index (Phi) is 9.53. The number of unbranched alkanes of at least 4 members (excludes halogenated alkanes) is 1. The predicted molar refractivity (Wildman–Crippen MR) is 147 cm³/mol. The van der Waals surface area contributed by atoms with E-state index in [2.05, 4.69) is 57.0 Å². The van der Waals surface area contributed by atoms with E-state index in [1.165, 1.54) is 32.8 Å². The molecule has 0 radical (unpaired) electrons. The van der Waals surface area contributed by atoms with Gasteiger partial charge < -0.3 is 15.0 Å². The third kappa shape index (κ3) is 6.72. The molecule has 2 aliphatic rings. The molecule has 6 heteroatoms. The number of hydrogen-bond acceptors (Lipinski definition) is 5. The molecule has 1 N–H and O–H groups in total. The minimum absolute atomic E-state index is 0.00977. The molecule has 196 valence electrons. The Balaban J connectivity index is 1.68. The van der Waals surface area contributed by atoms with Gasteiger partial charge in [0.1, 0.15) is 0 Å². The van der Waals surface area contributed by atoms with Crippen LogP contribution in [0.2, 0.25) is 5.02 Å². The molecule has 1 fully saturated rings. The lowest BCUT2D eigenvalue weighted by Crippen LogP contribution is -2.53. The summed E-state index contributed by atoms with van der Waals surface area (Å²) in [4.78, 5) is 20.4. The Bertz CT molecular complexity index is 846. The minimum Gasteiger partial charge on any atom is -0.467 e. The zero-order valence-corrected chi connectivity index (χ0v) is 23.4. The summed E-state index contributed by atoms with van der Waals surface area (Å²) in [6.07, 6.45) is 10.7. The van der Waals surface area contributed by atoms with Crippen molar-refractivity contribution in [1.29, 1.82) is 0 Å². The van der Waals surface area contributed by atoms with Crippen molar-refractivity contribution in [2.24, 2.45) is 22.7 Å². The van der Waals surface area contributed by atoms with Gasteiger partial charge in [0, 0.05) is 22.8 Å². The maximum Gasteiger partial charge on any atom is 0.335 e. The number of aliphatic imine (C=N–C) groups is 1. The molecular weight excluding hydrogens is 458 g/mol. The van der Waals surface area contributed by atoms with Crippen LogP contribution in [0.5, 0.6) is 0 Å². The lowest BCUT2D eigenvalue weighted by molar-refractivity contribution is -0.149. The van der Waals surface area contributed by atoms with Crippen molar-refractivity contribution in [3.05, 3.63) is 29.3 Å². The molecule has 1 heterocycles. The first-order valence-electron chi connectivity index (χ1n) is 13.5. The molecule has 0 amide bonds. The number of nitrogens with zero attached hydrogens (tertiary/aromatic N) is 2. The number of carbonyl (C=O) groups is 1. The van der Waals surface area contributed by atoms with Crippen molar-refractivity contribution < 1.29 is 9.53 Å². The van der Waals surface area contributed by atoms with Gasteiger partial charge in [-0.1, -0.05) is 51.6 Å². The molecule has 0 aromatic heterocycles. The van der Waals surface area contributed by atoms with Crippen molar-refractivity contribution in [3.8, 4) is 0 Å². The standard InChI is InChI=1S/C29H46ClN3O2/c1-7-8-17-33-20-31-29(19-21(2)3,27(34)35-6)26(33)18-22-9-11-23(12-10-22)28(4,5)32-25-15-13-24(30)14-16-25/h13-16,20-23,26,32H,7-12,17-19H2,1-6H3. The largest absolute Gasteiger partial charge is 0.467 e. The number of ether oxygens (including phenoxy) is 1. The van der Waals surface area contributed by atoms with E-state index >= 15 is 0 Å². The first kappa shape index (κ1) is 27.8. The van der Waals surface area contributed by atoms with Crippen molar-refractivity contribution in [3.63, 3.8) is 0 Å². The quantitative estimate of drug-likeness (QED) is 0.324. The summed E-state index contributed by atoms with van der Waals surface area (Å²) >= 11 is 6.06. The van der Waals surface area contributed by atoms with Crippen LogP contribution in [-0.2, 0) is 9.53 Å². The molecule has 1 aliphatic carbocycles. The SMILES string of the molecule is CCCCN1C=NC(CC(C)C)(C(=O)OC)C1CC1CCC(C(C)(C)Nc2ccc(Cl)cc2)CC1. The van der Waals surface area contributed by atoms with E-state index < -0.39 is 5.54 Å². The van der Waals surface area contributed by atoms with Gasteiger partial charge >= 0.3 is 5.97 Å². The number of rotatable bonds is 11. The summed E-state index contributed by atoms with van der Waals surface area (Å²) in [6, 6.07) is 8.08. The summed E-state index contributed by atoms with van der Waals surface area (Å²) in [6.45, 7) is 12.1. The second kappa shape index (κ2) is 12.0. The molecule has 0 spiro atoms. The van der Waals surface area contributed by atoms with E-state index in [0.717, 1.165) is 42.9 Å². The summed E-state index contributed by atoms with van der Waals surface area (Å²) < 4.78 is 5.34. The second-order valence-corrected chi connectivity index (χ2v) is 12.1. The monoisotopic (exact) mass is 503 g/mol. The molecule has 1 aromatic carbocycles. The Morgan fingerprint density at radius 2 is 1.89 bits per heavy atom. The van der Waals surface area contributed by atoms with Crippen LogP contribution < -0.4 is 5.32 Å². The number of anilines is 1. The van der Waals surface area contributed by atoms with Gasteiger partial charge in [-0.25, -0.2) is 4.79 Å². The molecule has 1 aromatic rings. The van der Waals surface area contributed by atoms with Crippen LogP contribution in [0.4, 0.5) is 5.69 Å². The van der Waals surface area contributed by atoms with Gasteiger partial charge in [-0.2, -0.15) is 0 Å². The summed E-state index contributed by atoms with van der Waals surface area (Å²) in [5, 5.41) is 4.50. The number of benzene rings is 1. The van der Waals surface area contributed by atoms with Gasteiger partial charge in [0.25, 0.3) is 0 Å². The van der Waals surface area contributed by atoms with Crippen LogP contribution in [0.25, 0.3) is 0 Å². The predicted octanol–water partition coefficient (Wildman–Crippen LogP) is 7.20. The molecule has 35 heavy (non-hydrogen) atoms. The van der Waals surface area contributed by atoms with Crippen molar-refractivity contribution in [2.75, 3.05) is 19.0 Å². The van der Waals surface area contributed by atoms with Gasteiger partial charge in [-0.15, -0.1) is 0 Å². The smallest absolute Gasteiger partial charge is 0.335 e. The molecule has 1 aliphatic heterocycles. The number of esters is 1. The zero-order valence-electron chi connectivity index (χ0n) is 22.6. The number of halogens is 1. The Hall–Kier alpha value is -1.75. The summed E-state index contributed by atoms with van der Waals surface area (Å²) in [5.74, 6) is 1.40. The summed E-state index contributed by atoms with van der Waals surface area (Å²) in [5.41, 5.74) is 0.353. The van der Waals surface area contributed by atoms with E-state index in [1.807, 2.05) is 18.5 Å². The second-order valence-electron chi connectivity index (χ2n) is 11.7. The highest BCUT2D eigenvalue weighted by molar-refractivity contribution is 6.30. The molecule has 2 atom stereocenters. The van der Waals surface area contributed by atoms with E-state index in [4.69, 9.17) is 21.3 Å². The topological polar surface area (TPSA) is 53.9 Å². The van der Waals surface area contributed by atoms with Crippen LogP contribution in [0.15, 0.2) is 29.3 Å². The highest BCUT2D eigenvalue weighted by Gasteiger charge is 2.53. The minimum atomic E-state index is -0.775. The highest BCUT2D eigenvalue weighted by Crippen LogP contribution is 2.43. The van der Waals surface area contributed by atoms with Gasteiger partial charge in [-0.3, -0.25) is 4.99 Å². The van der Waals surface area contributed by atoms with Gasteiger partial charge in [0.15, 0.2) is 5.54 Å². The number of hydrogen-bond donors (Lipinski definition) is 1. The van der Waals surface area contributed by atoms with Crippen LogP contribution in [0, 0.1) is 17.8 Å². The van der Waals surface area contributed by atoms with Crippen LogP contribution in [-0.4, -0.2) is 48.0 Å². The van der Waals surface area contributed by atoms with Crippen LogP contribution in [0.3, 0.4) is 0 Å². The number of methoxy groups -OCH3 is 1. The fourth-order valence-corrected chi connectivity index (χ4v) is 6.33. The van der Waals surface area contributed by atoms with Crippen LogP contribution >= 0.6 is 11.6 Å². The third-order valence-corrected chi connectivity index (χ3v) is 8.40. The maximum absolute atomic E-state index is 13.1. The third-order valence-electron chi connectivity index (χ3n) is 8.15. The fraction of sp³-hybridized carbons (Fsp3) is 0.724. The first-order valence-corrected chi connectivity index (χ1v) is 13.9. The normalized spacial score (nSPS) is 26.9. The van der Waals surface area contributed by atoms with Gasteiger partial charge in [0.05, 0.1) is 19.5 Å². The molecule has 3 rings (SSSR count). The fourth-order valence-electron chi connectivity index (χ4n) is 6.21. The maximum atomic E-state index is 13.1. The van der Waals surface area contributed by atoms with Crippen molar-refractivity contribution >= 4 is 29.6 Å². The van der Waals surface area contributed by atoms with E-state index in [-0.39, 0.29) is 17.6 Å². The molecule has 0 saturated heterocycles. The average molecular weight is 504 g/mol. The van der Waals surface area contributed by atoms with Crippen LogP contribution in [0.1, 0.15) is 86.0 Å². The molecule has 5 nitrogen and oxygen atoms in total. The van der Waals surface area contributed by atoms with Crippen molar-refractivity contribution in [1.82, 2.24) is 4.90 Å². The molecular formula is C29H46ClN3O2. The Morgan fingerprint density at radius 1 is 1.23 bits per heavy atom. The summed E-state index contributed by atoms with van der Waals surface area (Å²) in [7, 11) is 1.51. The number of nitrogens with one attached hydrogen (secondary N) is 1. The first-order chi connectivity index (χ1) is 16.6. The number of carbonyl (C=O) groups excluding carboxylic acids is 1. The van der Waals surface area contributed by atoms with Gasteiger partial charge in [-0.05, 0) is 88.0 Å². The Labute approximate surface area is 218 Å². The molecule has 0 bridgehead atoms. The average Bonchev–Trinajstić information content (AvgIpc) is 3.16. The molecule has 1 saturated carbocycles. The zero-order chi connectivity index (χ0) is 25.6. The highest BCUT2D eigenvalue weighted by atomic mass is 35.5. The lowest BCUT2D eigenvalue weighted by Gasteiger charge is -2.43. The van der Waals surface area contributed by atoms with E-state index in [1.54, 1.807) is 0 Å². The van der Waals surface area contributed by atoms with E-state index in [0.29, 0.717) is 17.8 Å². The molecule has 2 unspecified atom stereocenters. The van der Waals surface area contributed by atoms with E-state index in [9.17, 15) is 4.79 Å². The van der Waals surface area contributed by atoms with Crippen molar-refractivity contribution in [2.45, 2.75) is 103 Å².